The second kappa shape index (κ2) is 9.58. The maximum absolute atomic E-state index is 13.0. The fraction of sp³-hybridized carbons (Fsp3) is 0.364. The zero-order valence-corrected chi connectivity index (χ0v) is 18.3. The summed E-state index contributed by atoms with van der Waals surface area (Å²) in [5.74, 6) is -0.0672. The second-order valence-corrected chi connectivity index (χ2v) is 9.62. The third kappa shape index (κ3) is 5.03. The molecule has 0 atom stereocenters. The maximum Gasteiger partial charge on any atom is 0.243 e. The van der Waals surface area contributed by atoms with E-state index in [0.717, 1.165) is 5.56 Å². The number of fused-ring (bicyclic) bond motifs is 1. The van der Waals surface area contributed by atoms with E-state index < -0.39 is 10.0 Å². The molecule has 32 heavy (non-hydrogen) atoms. The molecule has 2 N–H and O–H groups in total. The first kappa shape index (κ1) is 22.1. The van der Waals surface area contributed by atoms with Gasteiger partial charge in [-0.2, -0.15) is 4.31 Å². The predicted molar refractivity (Wildman–Crippen MR) is 115 cm³/mol. The number of sulfonamides is 1. The third-order valence-corrected chi connectivity index (χ3v) is 7.40. The number of nitrogens with one attached hydrogen (secondary N) is 2. The van der Waals surface area contributed by atoms with Crippen LogP contribution in [-0.2, 0) is 26.0 Å². The van der Waals surface area contributed by atoms with Crippen LogP contribution in [0.2, 0.25) is 0 Å². The van der Waals surface area contributed by atoms with Gasteiger partial charge in [-0.25, -0.2) is 8.42 Å². The van der Waals surface area contributed by atoms with Gasteiger partial charge < -0.3 is 9.47 Å². The zero-order valence-electron chi connectivity index (χ0n) is 17.5. The van der Waals surface area contributed by atoms with Gasteiger partial charge in [0.05, 0.1) is 11.3 Å². The molecule has 2 aromatic carbocycles. The molecule has 4 rings (SSSR count). The highest BCUT2D eigenvalue weighted by molar-refractivity contribution is 7.89. The number of benzene rings is 2. The van der Waals surface area contributed by atoms with Crippen LogP contribution >= 0.6 is 0 Å². The van der Waals surface area contributed by atoms with Crippen molar-refractivity contribution in [3.63, 3.8) is 0 Å². The maximum atomic E-state index is 13.0. The van der Waals surface area contributed by atoms with Crippen LogP contribution in [0.15, 0.2) is 53.4 Å². The van der Waals surface area contributed by atoms with Crippen molar-refractivity contribution in [2.45, 2.75) is 24.2 Å². The summed E-state index contributed by atoms with van der Waals surface area (Å²) in [6.45, 7) is 1.24. The molecule has 1 saturated heterocycles. The number of carbonyl (C=O) groups is 2. The predicted octanol–water partition coefficient (Wildman–Crippen LogP) is 1.25. The van der Waals surface area contributed by atoms with Crippen LogP contribution in [0, 0.1) is 5.92 Å². The Labute approximate surface area is 186 Å². The first-order valence-electron chi connectivity index (χ1n) is 10.5. The van der Waals surface area contributed by atoms with E-state index in [4.69, 9.17) is 9.47 Å². The Kier molecular flexibility index (Phi) is 6.61. The van der Waals surface area contributed by atoms with Crippen molar-refractivity contribution in [2.75, 3.05) is 26.3 Å². The molecule has 0 spiro atoms. The van der Waals surface area contributed by atoms with E-state index in [-0.39, 0.29) is 42.1 Å². The quantitative estimate of drug-likeness (QED) is 0.651. The molecule has 1 fully saturated rings. The summed E-state index contributed by atoms with van der Waals surface area (Å²) < 4.78 is 38.3. The van der Waals surface area contributed by atoms with Gasteiger partial charge in [-0.15, -0.1) is 0 Å². The number of hydrogen-bond acceptors (Lipinski definition) is 6. The van der Waals surface area contributed by atoms with Gasteiger partial charge in [-0.1, -0.05) is 30.3 Å². The number of ether oxygens (including phenoxy) is 2. The van der Waals surface area contributed by atoms with E-state index in [9.17, 15) is 18.0 Å². The molecule has 0 saturated carbocycles. The molecule has 0 aromatic heterocycles. The lowest BCUT2D eigenvalue weighted by molar-refractivity contribution is -0.131. The largest absolute Gasteiger partial charge is 0.486 e. The van der Waals surface area contributed by atoms with Crippen LogP contribution in [0.1, 0.15) is 18.4 Å². The van der Waals surface area contributed by atoms with E-state index in [1.54, 1.807) is 6.07 Å². The molecule has 2 aliphatic heterocycles. The Morgan fingerprint density at radius 1 is 0.938 bits per heavy atom. The minimum atomic E-state index is -3.71. The number of nitrogens with zero attached hydrogens (tertiary/aromatic N) is 1. The van der Waals surface area contributed by atoms with Crippen LogP contribution in [0.25, 0.3) is 0 Å². The molecule has 0 unspecified atom stereocenters. The van der Waals surface area contributed by atoms with Crippen molar-refractivity contribution >= 4 is 21.8 Å². The molecule has 0 radical (unpaired) electrons. The summed E-state index contributed by atoms with van der Waals surface area (Å²) in [4.78, 5) is 24.6. The monoisotopic (exact) mass is 459 g/mol. The SMILES string of the molecule is O=C(Cc1ccccc1)NNC(=O)C1CCN(S(=O)(=O)c2ccc3c(c2)OCCO3)CC1. The molecule has 2 amide bonds. The molecule has 2 heterocycles. The van der Waals surface area contributed by atoms with Crippen molar-refractivity contribution in [3.8, 4) is 11.5 Å². The summed E-state index contributed by atoms with van der Waals surface area (Å²) in [7, 11) is -3.71. The molecule has 0 bridgehead atoms. The molecule has 10 heteroatoms. The van der Waals surface area contributed by atoms with Gasteiger partial charge in [0.25, 0.3) is 0 Å². The minimum absolute atomic E-state index is 0.137. The van der Waals surface area contributed by atoms with Crippen molar-refractivity contribution in [3.05, 3.63) is 54.1 Å². The van der Waals surface area contributed by atoms with E-state index in [2.05, 4.69) is 10.9 Å². The Bertz CT molecular complexity index is 1080. The number of carbonyl (C=O) groups excluding carboxylic acids is 2. The highest BCUT2D eigenvalue weighted by atomic mass is 32.2. The molecule has 170 valence electrons. The molecule has 9 nitrogen and oxygen atoms in total. The average Bonchev–Trinajstić information content (AvgIpc) is 2.83. The standard InChI is InChI=1S/C22H25N3O6S/c26-21(14-16-4-2-1-3-5-16)23-24-22(27)17-8-10-25(11-9-17)32(28,29)18-6-7-19-20(15-18)31-13-12-30-19/h1-7,15,17H,8-14H2,(H,23,26)(H,24,27). The number of rotatable bonds is 5. The summed E-state index contributed by atoms with van der Waals surface area (Å²) in [6, 6.07) is 13.8. The Hall–Kier alpha value is -3.11. The molecular weight excluding hydrogens is 434 g/mol. The van der Waals surface area contributed by atoms with Gasteiger partial charge in [-0.3, -0.25) is 20.4 Å². The lowest BCUT2D eigenvalue weighted by Crippen LogP contribution is -2.48. The Morgan fingerprint density at radius 3 is 2.34 bits per heavy atom. The number of piperidine rings is 1. The van der Waals surface area contributed by atoms with Gasteiger partial charge in [-0.05, 0) is 30.5 Å². The molecule has 0 aliphatic carbocycles. The van der Waals surface area contributed by atoms with Crippen LogP contribution in [0.3, 0.4) is 0 Å². The van der Waals surface area contributed by atoms with Crippen molar-refractivity contribution in [1.82, 2.24) is 15.2 Å². The van der Waals surface area contributed by atoms with Crippen LogP contribution < -0.4 is 20.3 Å². The highest BCUT2D eigenvalue weighted by Gasteiger charge is 2.33. The van der Waals surface area contributed by atoms with Crippen molar-refractivity contribution in [2.24, 2.45) is 5.92 Å². The molecule has 2 aliphatic rings. The summed E-state index contributed by atoms with van der Waals surface area (Å²) in [5.41, 5.74) is 5.73. The van der Waals surface area contributed by atoms with Gasteiger partial charge in [0.1, 0.15) is 13.2 Å². The third-order valence-electron chi connectivity index (χ3n) is 5.51. The topological polar surface area (TPSA) is 114 Å². The number of hydrazine groups is 1. The summed E-state index contributed by atoms with van der Waals surface area (Å²) >= 11 is 0. The average molecular weight is 460 g/mol. The van der Waals surface area contributed by atoms with Crippen molar-refractivity contribution in [1.29, 1.82) is 0 Å². The minimum Gasteiger partial charge on any atom is -0.486 e. The number of hydrogen-bond donors (Lipinski definition) is 2. The Morgan fingerprint density at radius 2 is 1.62 bits per heavy atom. The molecular formula is C22H25N3O6S. The zero-order chi connectivity index (χ0) is 22.6. The van der Waals surface area contributed by atoms with Gasteiger partial charge in [0, 0.05) is 25.1 Å². The second-order valence-electron chi connectivity index (χ2n) is 7.68. The van der Waals surface area contributed by atoms with E-state index >= 15 is 0 Å². The lowest BCUT2D eigenvalue weighted by Gasteiger charge is -2.30. The van der Waals surface area contributed by atoms with E-state index in [0.29, 0.717) is 37.6 Å². The fourth-order valence-corrected chi connectivity index (χ4v) is 5.24. The van der Waals surface area contributed by atoms with Crippen LogP contribution in [0.4, 0.5) is 0 Å². The van der Waals surface area contributed by atoms with E-state index in [1.165, 1.54) is 16.4 Å². The summed E-state index contributed by atoms with van der Waals surface area (Å²) in [6.07, 6.45) is 0.891. The smallest absolute Gasteiger partial charge is 0.243 e. The van der Waals surface area contributed by atoms with Gasteiger partial charge in [0.2, 0.25) is 21.8 Å². The first-order chi connectivity index (χ1) is 15.4. The Balaban J connectivity index is 1.28. The summed E-state index contributed by atoms with van der Waals surface area (Å²) in [5, 5.41) is 0. The highest BCUT2D eigenvalue weighted by Crippen LogP contribution is 2.34. The number of amides is 2. The normalized spacial score (nSPS) is 16.9. The molecule has 2 aromatic rings. The lowest BCUT2D eigenvalue weighted by atomic mass is 9.98. The van der Waals surface area contributed by atoms with Gasteiger partial charge in [0.15, 0.2) is 11.5 Å². The first-order valence-corrected chi connectivity index (χ1v) is 11.9. The van der Waals surface area contributed by atoms with Gasteiger partial charge >= 0.3 is 0 Å². The fourth-order valence-electron chi connectivity index (χ4n) is 3.75. The van der Waals surface area contributed by atoms with Crippen LogP contribution in [-0.4, -0.2) is 50.8 Å². The van der Waals surface area contributed by atoms with Crippen LogP contribution in [0.5, 0.6) is 11.5 Å². The van der Waals surface area contributed by atoms with Crippen molar-refractivity contribution < 1.29 is 27.5 Å². The van der Waals surface area contributed by atoms with E-state index in [1.807, 2.05) is 30.3 Å².